The zero-order chi connectivity index (χ0) is 8.97. The van der Waals surface area contributed by atoms with E-state index in [0.717, 1.165) is 5.92 Å². The Morgan fingerprint density at radius 3 is 2.83 bits per heavy atom. The number of nitrogens with two attached hydrogens (primary N) is 1. The fourth-order valence-electron chi connectivity index (χ4n) is 1.49. The number of hydrogen-bond acceptors (Lipinski definition) is 1. The summed E-state index contributed by atoms with van der Waals surface area (Å²) in [5, 5.41) is 0. The Morgan fingerprint density at radius 2 is 2.33 bits per heavy atom. The van der Waals surface area contributed by atoms with Gasteiger partial charge in [-0.2, -0.15) is 0 Å². The average Bonchev–Trinajstić information content (AvgIpc) is 2.06. The van der Waals surface area contributed by atoms with Crippen molar-refractivity contribution in [3.63, 3.8) is 0 Å². The molecule has 0 aliphatic heterocycles. The molecule has 1 aliphatic carbocycles. The van der Waals surface area contributed by atoms with Gasteiger partial charge in [0.25, 0.3) is 0 Å². The third-order valence-electron chi connectivity index (χ3n) is 2.53. The highest BCUT2D eigenvalue weighted by Crippen LogP contribution is 2.21. The highest BCUT2D eigenvalue weighted by Gasteiger charge is 2.07. The van der Waals surface area contributed by atoms with Crippen molar-refractivity contribution in [2.75, 3.05) is 0 Å². The summed E-state index contributed by atoms with van der Waals surface area (Å²) in [5.74, 6) is 0.737. The molecule has 0 radical (unpaired) electrons. The highest BCUT2D eigenvalue weighted by atomic mass is 14.6. The minimum Gasteiger partial charge on any atom is -0.324 e. The Morgan fingerprint density at radius 1 is 1.58 bits per heavy atom. The second-order valence-electron chi connectivity index (χ2n) is 3.74. The molecule has 68 valence electrons. The SMILES string of the molecule is C/C(=C\C1CC=CCC1)C(C)N. The van der Waals surface area contributed by atoms with E-state index in [1.165, 1.54) is 24.8 Å². The normalized spacial score (nSPS) is 27.2. The monoisotopic (exact) mass is 165 g/mol. The smallest absolute Gasteiger partial charge is 0.0222 e. The van der Waals surface area contributed by atoms with Gasteiger partial charge in [-0.1, -0.05) is 23.8 Å². The Labute approximate surface area is 75.3 Å². The molecule has 0 aromatic rings. The van der Waals surface area contributed by atoms with Crippen LogP contribution in [0.5, 0.6) is 0 Å². The molecule has 12 heavy (non-hydrogen) atoms. The molecule has 0 saturated heterocycles. The molecule has 2 unspecified atom stereocenters. The Balaban J connectivity index is 2.48. The first-order valence-corrected chi connectivity index (χ1v) is 4.79. The van der Waals surface area contributed by atoms with E-state index in [-0.39, 0.29) is 6.04 Å². The second kappa shape index (κ2) is 4.46. The minimum atomic E-state index is 0.218. The predicted octanol–water partition coefficient (Wildman–Crippen LogP) is 2.64. The molecule has 0 heterocycles. The van der Waals surface area contributed by atoms with Crippen LogP contribution in [0, 0.1) is 5.92 Å². The summed E-state index contributed by atoms with van der Waals surface area (Å²) in [7, 11) is 0. The fourth-order valence-corrected chi connectivity index (χ4v) is 1.49. The van der Waals surface area contributed by atoms with Crippen LogP contribution in [0.4, 0.5) is 0 Å². The van der Waals surface area contributed by atoms with Crippen LogP contribution in [0.1, 0.15) is 33.1 Å². The lowest BCUT2D eigenvalue weighted by Gasteiger charge is -2.15. The largest absolute Gasteiger partial charge is 0.324 e. The molecule has 1 aliphatic rings. The summed E-state index contributed by atoms with van der Waals surface area (Å²) in [4.78, 5) is 0. The first-order valence-electron chi connectivity index (χ1n) is 4.79. The summed E-state index contributed by atoms with van der Waals surface area (Å²) >= 11 is 0. The van der Waals surface area contributed by atoms with Crippen LogP contribution in [-0.4, -0.2) is 6.04 Å². The first kappa shape index (κ1) is 9.53. The van der Waals surface area contributed by atoms with Gasteiger partial charge in [-0.15, -0.1) is 0 Å². The van der Waals surface area contributed by atoms with Gasteiger partial charge < -0.3 is 5.73 Å². The molecule has 1 rings (SSSR count). The third kappa shape index (κ3) is 2.82. The van der Waals surface area contributed by atoms with Crippen molar-refractivity contribution in [2.24, 2.45) is 11.7 Å². The van der Waals surface area contributed by atoms with Gasteiger partial charge in [0.05, 0.1) is 0 Å². The van der Waals surface area contributed by atoms with Gasteiger partial charge in [0.15, 0.2) is 0 Å². The maximum Gasteiger partial charge on any atom is 0.0222 e. The molecule has 1 nitrogen and oxygen atoms in total. The van der Waals surface area contributed by atoms with E-state index in [0.29, 0.717) is 0 Å². The van der Waals surface area contributed by atoms with Gasteiger partial charge in [0.1, 0.15) is 0 Å². The summed E-state index contributed by atoms with van der Waals surface area (Å²) in [5.41, 5.74) is 7.10. The van der Waals surface area contributed by atoms with E-state index in [2.05, 4.69) is 25.2 Å². The summed E-state index contributed by atoms with van der Waals surface area (Å²) in [6.07, 6.45) is 10.6. The lowest BCUT2D eigenvalue weighted by Crippen LogP contribution is -2.17. The zero-order valence-corrected chi connectivity index (χ0v) is 8.09. The number of allylic oxidation sites excluding steroid dienone is 3. The van der Waals surface area contributed by atoms with Crippen LogP contribution in [0.3, 0.4) is 0 Å². The van der Waals surface area contributed by atoms with Crippen LogP contribution < -0.4 is 5.73 Å². The summed E-state index contributed by atoms with van der Waals surface area (Å²) in [6.45, 7) is 4.17. The molecule has 2 N–H and O–H groups in total. The Hall–Kier alpha value is -0.560. The molecule has 0 saturated carbocycles. The van der Waals surface area contributed by atoms with Crippen LogP contribution in [-0.2, 0) is 0 Å². The lowest BCUT2D eigenvalue weighted by molar-refractivity contribution is 0.576. The quantitative estimate of drug-likeness (QED) is 0.625. The maximum absolute atomic E-state index is 5.77. The van der Waals surface area contributed by atoms with Crippen molar-refractivity contribution in [3.8, 4) is 0 Å². The molecule has 1 heteroatoms. The van der Waals surface area contributed by atoms with E-state index in [1.807, 2.05) is 6.92 Å². The molecule has 0 amide bonds. The number of rotatable bonds is 2. The van der Waals surface area contributed by atoms with Gasteiger partial charge in [0, 0.05) is 6.04 Å². The van der Waals surface area contributed by atoms with Crippen molar-refractivity contribution < 1.29 is 0 Å². The van der Waals surface area contributed by atoms with Gasteiger partial charge in [-0.05, 0) is 39.0 Å². The van der Waals surface area contributed by atoms with Crippen LogP contribution in [0.15, 0.2) is 23.8 Å². The minimum absolute atomic E-state index is 0.218. The molecule has 0 aromatic heterocycles. The van der Waals surface area contributed by atoms with Gasteiger partial charge in [-0.3, -0.25) is 0 Å². The molecule has 0 bridgehead atoms. The Kier molecular flexibility index (Phi) is 3.54. The zero-order valence-electron chi connectivity index (χ0n) is 8.09. The number of hydrogen-bond donors (Lipinski definition) is 1. The van der Waals surface area contributed by atoms with Crippen molar-refractivity contribution in [1.29, 1.82) is 0 Å². The highest BCUT2D eigenvalue weighted by molar-refractivity contribution is 5.09. The van der Waals surface area contributed by atoms with Crippen molar-refractivity contribution in [2.45, 2.75) is 39.2 Å². The van der Waals surface area contributed by atoms with E-state index in [9.17, 15) is 0 Å². The molecule has 0 fully saturated rings. The van der Waals surface area contributed by atoms with Crippen molar-refractivity contribution >= 4 is 0 Å². The second-order valence-corrected chi connectivity index (χ2v) is 3.74. The standard InChI is InChI=1S/C11H19N/c1-9(10(2)12)8-11-6-4-3-5-7-11/h3-4,8,10-11H,5-7,12H2,1-2H3/b9-8+. The van der Waals surface area contributed by atoms with Gasteiger partial charge in [0.2, 0.25) is 0 Å². The predicted molar refractivity (Wildman–Crippen MR) is 53.9 cm³/mol. The first-order chi connectivity index (χ1) is 5.70. The van der Waals surface area contributed by atoms with E-state index in [4.69, 9.17) is 5.73 Å². The molecule has 0 aromatic carbocycles. The summed E-state index contributed by atoms with van der Waals surface area (Å²) in [6, 6.07) is 0.218. The van der Waals surface area contributed by atoms with Gasteiger partial charge in [-0.25, -0.2) is 0 Å². The maximum atomic E-state index is 5.77. The molecule has 2 atom stereocenters. The van der Waals surface area contributed by atoms with Crippen LogP contribution in [0.2, 0.25) is 0 Å². The topological polar surface area (TPSA) is 26.0 Å². The third-order valence-corrected chi connectivity index (χ3v) is 2.53. The molecule has 0 spiro atoms. The van der Waals surface area contributed by atoms with E-state index in [1.54, 1.807) is 0 Å². The summed E-state index contributed by atoms with van der Waals surface area (Å²) < 4.78 is 0. The lowest BCUT2D eigenvalue weighted by atomic mass is 9.91. The van der Waals surface area contributed by atoms with Crippen LogP contribution in [0.25, 0.3) is 0 Å². The van der Waals surface area contributed by atoms with Crippen molar-refractivity contribution in [3.05, 3.63) is 23.8 Å². The molecular formula is C11H19N. The van der Waals surface area contributed by atoms with E-state index >= 15 is 0 Å². The van der Waals surface area contributed by atoms with E-state index < -0.39 is 0 Å². The van der Waals surface area contributed by atoms with Gasteiger partial charge >= 0.3 is 0 Å². The fraction of sp³-hybridized carbons (Fsp3) is 0.636. The Bertz CT molecular complexity index is 189. The van der Waals surface area contributed by atoms with Crippen LogP contribution >= 0.6 is 0 Å². The average molecular weight is 165 g/mol. The van der Waals surface area contributed by atoms with Crippen molar-refractivity contribution in [1.82, 2.24) is 0 Å². The molecular weight excluding hydrogens is 146 g/mol.